The van der Waals surface area contributed by atoms with Crippen LogP contribution in [-0.2, 0) is 6.54 Å². The minimum absolute atomic E-state index is 0.0922. The Hall–Kier alpha value is -2.96. The SMILES string of the molecule is CC(C)Cn1ncc2cc(Oc3ccc(F)cc3F)c(C(N)=O)cc21. The van der Waals surface area contributed by atoms with E-state index in [1.54, 1.807) is 23.0 Å². The third-order valence-corrected chi connectivity index (χ3v) is 3.66. The van der Waals surface area contributed by atoms with Gasteiger partial charge in [-0.3, -0.25) is 9.48 Å². The van der Waals surface area contributed by atoms with Gasteiger partial charge in [0.05, 0.1) is 17.3 Å². The maximum atomic E-state index is 13.8. The van der Waals surface area contributed by atoms with Crippen LogP contribution in [0.25, 0.3) is 10.9 Å². The van der Waals surface area contributed by atoms with E-state index in [-0.39, 0.29) is 17.1 Å². The van der Waals surface area contributed by atoms with Crippen LogP contribution >= 0.6 is 0 Å². The van der Waals surface area contributed by atoms with Gasteiger partial charge in [-0.25, -0.2) is 8.78 Å². The molecule has 2 N–H and O–H groups in total. The van der Waals surface area contributed by atoms with Crippen molar-refractivity contribution in [1.29, 1.82) is 0 Å². The zero-order valence-electron chi connectivity index (χ0n) is 13.8. The van der Waals surface area contributed by atoms with E-state index in [2.05, 4.69) is 18.9 Å². The van der Waals surface area contributed by atoms with Gasteiger partial charge in [0.1, 0.15) is 11.6 Å². The standard InChI is InChI=1S/C18H17F2N3O2/c1-10(2)9-23-15-7-13(18(21)24)17(5-11(15)8-22-23)25-16-4-3-12(19)6-14(16)20/h3-8,10H,9H2,1-2H3,(H2,21,24). The molecule has 1 amide bonds. The van der Waals surface area contributed by atoms with Crippen molar-refractivity contribution >= 4 is 16.8 Å². The van der Waals surface area contributed by atoms with Gasteiger partial charge in [0, 0.05) is 18.0 Å². The predicted octanol–water partition coefficient (Wildman–Crippen LogP) is 3.86. The first kappa shape index (κ1) is 16.9. The number of primary amides is 1. The van der Waals surface area contributed by atoms with Crippen LogP contribution in [0.3, 0.4) is 0 Å². The number of halogens is 2. The van der Waals surface area contributed by atoms with Crippen molar-refractivity contribution in [3.05, 3.63) is 53.7 Å². The molecular weight excluding hydrogens is 328 g/mol. The Morgan fingerprint density at radius 3 is 2.64 bits per heavy atom. The lowest BCUT2D eigenvalue weighted by Gasteiger charge is -2.12. The average Bonchev–Trinajstić information content (AvgIpc) is 2.90. The number of hydrogen-bond donors (Lipinski definition) is 1. The second kappa shape index (κ2) is 6.51. The van der Waals surface area contributed by atoms with Gasteiger partial charge in [0.2, 0.25) is 0 Å². The first-order valence-corrected chi connectivity index (χ1v) is 7.77. The molecule has 2 aromatic carbocycles. The van der Waals surface area contributed by atoms with Gasteiger partial charge in [-0.15, -0.1) is 0 Å². The van der Waals surface area contributed by atoms with E-state index < -0.39 is 17.5 Å². The van der Waals surface area contributed by atoms with E-state index in [1.807, 2.05) is 0 Å². The van der Waals surface area contributed by atoms with Crippen LogP contribution in [0.1, 0.15) is 24.2 Å². The highest BCUT2D eigenvalue weighted by atomic mass is 19.1. The molecule has 0 aliphatic rings. The number of ether oxygens (including phenoxy) is 1. The van der Waals surface area contributed by atoms with Crippen molar-refractivity contribution in [3.8, 4) is 11.5 Å². The van der Waals surface area contributed by atoms with Crippen LogP contribution in [0.15, 0.2) is 36.5 Å². The molecule has 7 heteroatoms. The minimum Gasteiger partial charge on any atom is -0.453 e. The fourth-order valence-electron chi connectivity index (χ4n) is 2.55. The summed E-state index contributed by atoms with van der Waals surface area (Å²) in [7, 11) is 0. The number of nitrogens with two attached hydrogens (primary N) is 1. The summed E-state index contributed by atoms with van der Waals surface area (Å²) in [5.74, 6) is -2.04. The van der Waals surface area contributed by atoms with Crippen molar-refractivity contribution in [2.75, 3.05) is 0 Å². The summed E-state index contributed by atoms with van der Waals surface area (Å²) in [5, 5.41) is 5.02. The third kappa shape index (κ3) is 3.45. The maximum Gasteiger partial charge on any atom is 0.252 e. The van der Waals surface area contributed by atoms with Crippen LogP contribution in [0.5, 0.6) is 11.5 Å². The quantitative estimate of drug-likeness (QED) is 0.763. The van der Waals surface area contributed by atoms with Crippen LogP contribution in [0.4, 0.5) is 8.78 Å². The Kier molecular flexibility index (Phi) is 4.39. The summed E-state index contributed by atoms with van der Waals surface area (Å²) < 4.78 is 34.1. The molecule has 25 heavy (non-hydrogen) atoms. The number of hydrogen-bond acceptors (Lipinski definition) is 3. The molecule has 0 atom stereocenters. The first-order valence-electron chi connectivity index (χ1n) is 7.77. The average molecular weight is 345 g/mol. The smallest absolute Gasteiger partial charge is 0.252 e. The van der Waals surface area contributed by atoms with Crippen molar-refractivity contribution in [2.24, 2.45) is 11.7 Å². The lowest BCUT2D eigenvalue weighted by Crippen LogP contribution is -2.13. The lowest BCUT2D eigenvalue weighted by molar-refractivity contribution is 0.0998. The molecule has 0 radical (unpaired) electrons. The van der Waals surface area contributed by atoms with Gasteiger partial charge in [0.15, 0.2) is 11.6 Å². The first-order chi connectivity index (χ1) is 11.8. The molecule has 130 valence electrons. The van der Waals surface area contributed by atoms with Gasteiger partial charge < -0.3 is 10.5 Å². The van der Waals surface area contributed by atoms with Crippen LogP contribution in [0.2, 0.25) is 0 Å². The molecule has 1 heterocycles. The fraction of sp³-hybridized carbons (Fsp3) is 0.222. The largest absolute Gasteiger partial charge is 0.453 e. The number of carbonyl (C=O) groups excluding carboxylic acids is 1. The highest BCUT2D eigenvalue weighted by molar-refractivity contribution is 6.00. The summed E-state index contributed by atoms with van der Waals surface area (Å²) >= 11 is 0. The normalized spacial score (nSPS) is 11.2. The fourth-order valence-corrected chi connectivity index (χ4v) is 2.55. The van der Waals surface area contributed by atoms with Gasteiger partial charge in [-0.1, -0.05) is 13.8 Å². The predicted molar refractivity (Wildman–Crippen MR) is 89.5 cm³/mol. The lowest BCUT2D eigenvalue weighted by atomic mass is 10.1. The number of carbonyl (C=O) groups is 1. The van der Waals surface area contributed by atoms with Gasteiger partial charge >= 0.3 is 0 Å². The number of benzene rings is 2. The van der Waals surface area contributed by atoms with Crippen molar-refractivity contribution in [3.63, 3.8) is 0 Å². The number of aromatic nitrogens is 2. The molecule has 0 spiro atoms. The second-order valence-corrected chi connectivity index (χ2v) is 6.17. The molecule has 0 saturated heterocycles. The molecule has 0 unspecified atom stereocenters. The Labute approximate surface area is 143 Å². The van der Waals surface area contributed by atoms with Crippen LogP contribution in [-0.4, -0.2) is 15.7 Å². The van der Waals surface area contributed by atoms with Crippen LogP contribution in [0, 0.1) is 17.6 Å². The van der Waals surface area contributed by atoms with E-state index in [4.69, 9.17) is 10.5 Å². The molecule has 5 nitrogen and oxygen atoms in total. The number of nitrogens with zero attached hydrogens (tertiary/aromatic N) is 2. The van der Waals surface area contributed by atoms with Crippen LogP contribution < -0.4 is 10.5 Å². The Balaban J connectivity index is 2.08. The second-order valence-electron chi connectivity index (χ2n) is 6.17. The Morgan fingerprint density at radius 1 is 1.24 bits per heavy atom. The molecule has 1 aromatic heterocycles. The summed E-state index contributed by atoms with van der Waals surface area (Å²) in [6.07, 6.45) is 1.64. The molecule has 0 aliphatic heterocycles. The van der Waals surface area contributed by atoms with E-state index in [9.17, 15) is 13.6 Å². The summed E-state index contributed by atoms with van der Waals surface area (Å²) in [6, 6.07) is 6.08. The molecule has 3 aromatic rings. The van der Waals surface area contributed by atoms with Crippen molar-refractivity contribution in [2.45, 2.75) is 20.4 Å². The zero-order valence-corrected chi connectivity index (χ0v) is 13.8. The summed E-state index contributed by atoms with van der Waals surface area (Å²) in [6.45, 7) is 4.78. The van der Waals surface area contributed by atoms with Crippen molar-refractivity contribution in [1.82, 2.24) is 9.78 Å². The van der Waals surface area contributed by atoms with Gasteiger partial charge in [0.25, 0.3) is 5.91 Å². The summed E-state index contributed by atoms with van der Waals surface area (Å²) in [5.41, 5.74) is 6.27. The molecule has 3 rings (SSSR count). The Morgan fingerprint density at radius 2 is 2.00 bits per heavy atom. The van der Waals surface area contributed by atoms with E-state index in [0.29, 0.717) is 18.5 Å². The van der Waals surface area contributed by atoms with Crippen molar-refractivity contribution < 1.29 is 18.3 Å². The van der Waals surface area contributed by atoms with Gasteiger partial charge in [-0.05, 0) is 30.2 Å². The molecule has 0 saturated carbocycles. The monoisotopic (exact) mass is 345 g/mol. The minimum atomic E-state index is -0.869. The van der Waals surface area contributed by atoms with E-state index >= 15 is 0 Å². The maximum absolute atomic E-state index is 13.8. The highest BCUT2D eigenvalue weighted by Gasteiger charge is 2.17. The molecule has 0 fully saturated rings. The number of fused-ring (bicyclic) bond motifs is 1. The Bertz CT molecular complexity index is 951. The van der Waals surface area contributed by atoms with E-state index in [1.165, 1.54) is 0 Å². The van der Waals surface area contributed by atoms with E-state index in [0.717, 1.165) is 23.0 Å². The number of amides is 1. The molecule has 0 aliphatic carbocycles. The summed E-state index contributed by atoms with van der Waals surface area (Å²) in [4.78, 5) is 11.8. The zero-order chi connectivity index (χ0) is 18.1. The highest BCUT2D eigenvalue weighted by Crippen LogP contribution is 2.31. The third-order valence-electron chi connectivity index (χ3n) is 3.66. The molecular formula is C18H17F2N3O2. The number of rotatable bonds is 5. The van der Waals surface area contributed by atoms with Gasteiger partial charge in [-0.2, -0.15) is 5.10 Å². The molecule has 0 bridgehead atoms. The topological polar surface area (TPSA) is 70.1 Å².